The summed E-state index contributed by atoms with van der Waals surface area (Å²) in [5.74, 6) is -0.923. The van der Waals surface area contributed by atoms with Crippen molar-refractivity contribution < 1.29 is 19.1 Å². The molecule has 0 spiro atoms. The number of nitrogens with one attached hydrogen (secondary N) is 1. The minimum atomic E-state index is -0.858. The van der Waals surface area contributed by atoms with Gasteiger partial charge in [-0.1, -0.05) is 30.3 Å². The van der Waals surface area contributed by atoms with Gasteiger partial charge in [0.2, 0.25) is 5.91 Å². The van der Waals surface area contributed by atoms with Crippen LogP contribution in [0.2, 0.25) is 0 Å². The van der Waals surface area contributed by atoms with Gasteiger partial charge < -0.3 is 10.1 Å². The summed E-state index contributed by atoms with van der Waals surface area (Å²) >= 11 is 5.65. The SMILES string of the molecule is O=CO[C@@H]1[C@@H](C(=O)c2ccccc2)NC(=O)[C@@H]1CCCl. The van der Waals surface area contributed by atoms with Crippen LogP contribution in [-0.2, 0) is 14.3 Å². The summed E-state index contributed by atoms with van der Waals surface area (Å²) in [6.45, 7) is 0.261. The highest BCUT2D eigenvalue weighted by atomic mass is 35.5. The van der Waals surface area contributed by atoms with E-state index in [4.69, 9.17) is 16.3 Å². The normalized spacial score (nSPS) is 25.1. The van der Waals surface area contributed by atoms with E-state index in [9.17, 15) is 14.4 Å². The molecule has 0 radical (unpaired) electrons. The third-order valence-corrected chi connectivity index (χ3v) is 3.55. The predicted octanol–water partition coefficient (Wildman–Crippen LogP) is 1.15. The Morgan fingerprint density at radius 1 is 1.35 bits per heavy atom. The lowest BCUT2D eigenvalue weighted by Crippen LogP contribution is -2.41. The summed E-state index contributed by atoms with van der Waals surface area (Å²) in [5.41, 5.74) is 0.462. The molecule has 1 amide bonds. The molecule has 2 rings (SSSR count). The first-order valence-corrected chi connectivity index (χ1v) is 6.77. The third-order valence-electron chi connectivity index (χ3n) is 3.33. The molecule has 5 nitrogen and oxygen atoms in total. The molecule has 1 fully saturated rings. The molecule has 0 saturated carbocycles. The number of carbonyl (C=O) groups is 3. The molecule has 0 unspecified atom stereocenters. The number of ether oxygens (including phenoxy) is 1. The summed E-state index contributed by atoms with van der Waals surface area (Å²) in [5, 5.41) is 2.59. The number of benzene rings is 1. The number of amides is 1. The van der Waals surface area contributed by atoms with Gasteiger partial charge in [-0.05, 0) is 6.42 Å². The van der Waals surface area contributed by atoms with Gasteiger partial charge in [0, 0.05) is 11.4 Å². The quantitative estimate of drug-likeness (QED) is 0.485. The first kappa shape index (κ1) is 14.5. The van der Waals surface area contributed by atoms with Crippen LogP contribution in [0.5, 0.6) is 0 Å². The molecule has 1 saturated heterocycles. The second-order valence-electron chi connectivity index (χ2n) is 4.50. The number of rotatable bonds is 6. The molecule has 1 aliphatic heterocycles. The highest BCUT2D eigenvalue weighted by Gasteiger charge is 2.46. The van der Waals surface area contributed by atoms with Gasteiger partial charge in [-0.25, -0.2) is 0 Å². The molecule has 106 valence electrons. The molecule has 0 aromatic heterocycles. The minimum Gasteiger partial charge on any atom is -0.461 e. The van der Waals surface area contributed by atoms with Gasteiger partial charge in [-0.15, -0.1) is 11.6 Å². The molecule has 1 heterocycles. The van der Waals surface area contributed by atoms with Crippen LogP contribution in [0.15, 0.2) is 30.3 Å². The van der Waals surface area contributed by atoms with Gasteiger partial charge in [0.25, 0.3) is 6.47 Å². The molecule has 3 atom stereocenters. The lowest BCUT2D eigenvalue weighted by atomic mass is 9.94. The van der Waals surface area contributed by atoms with Gasteiger partial charge in [0.05, 0.1) is 5.92 Å². The fourth-order valence-electron chi connectivity index (χ4n) is 2.37. The van der Waals surface area contributed by atoms with E-state index < -0.39 is 18.1 Å². The van der Waals surface area contributed by atoms with Crippen molar-refractivity contribution in [1.29, 1.82) is 0 Å². The van der Waals surface area contributed by atoms with E-state index in [0.717, 1.165) is 0 Å². The fraction of sp³-hybridized carbons (Fsp3) is 0.357. The zero-order chi connectivity index (χ0) is 14.5. The van der Waals surface area contributed by atoms with Crippen LogP contribution >= 0.6 is 11.6 Å². The second-order valence-corrected chi connectivity index (χ2v) is 4.88. The number of alkyl halides is 1. The maximum atomic E-state index is 12.4. The van der Waals surface area contributed by atoms with Crippen molar-refractivity contribution in [3.05, 3.63) is 35.9 Å². The summed E-state index contributed by atoms with van der Waals surface area (Å²) in [6, 6.07) is 7.71. The lowest BCUT2D eigenvalue weighted by molar-refractivity contribution is -0.136. The Morgan fingerprint density at radius 2 is 2.05 bits per heavy atom. The summed E-state index contributed by atoms with van der Waals surface area (Å²) < 4.78 is 4.95. The lowest BCUT2D eigenvalue weighted by Gasteiger charge is -2.19. The van der Waals surface area contributed by atoms with E-state index in [1.54, 1.807) is 30.3 Å². The van der Waals surface area contributed by atoms with Crippen LogP contribution < -0.4 is 5.32 Å². The summed E-state index contributed by atoms with van der Waals surface area (Å²) in [7, 11) is 0. The predicted molar refractivity (Wildman–Crippen MR) is 72.5 cm³/mol. The average Bonchev–Trinajstić information content (AvgIpc) is 2.77. The van der Waals surface area contributed by atoms with E-state index in [0.29, 0.717) is 12.0 Å². The van der Waals surface area contributed by atoms with Crippen molar-refractivity contribution in [1.82, 2.24) is 5.32 Å². The van der Waals surface area contributed by atoms with Crippen LogP contribution in [-0.4, -0.2) is 36.2 Å². The first-order chi connectivity index (χ1) is 9.69. The molecule has 6 heteroatoms. The van der Waals surface area contributed by atoms with Crippen LogP contribution in [0.4, 0.5) is 0 Å². The smallest absolute Gasteiger partial charge is 0.293 e. The number of halogens is 1. The largest absolute Gasteiger partial charge is 0.461 e. The number of ketones is 1. The zero-order valence-corrected chi connectivity index (χ0v) is 11.4. The van der Waals surface area contributed by atoms with E-state index >= 15 is 0 Å². The number of carbonyl (C=O) groups excluding carboxylic acids is 3. The average molecular weight is 296 g/mol. The number of hydrogen-bond donors (Lipinski definition) is 1. The zero-order valence-electron chi connectivity index (χ0n) is 10.6. The highest BCUT2D eigenvalue weighted by Crippen LogP contribution is 2.25. The van der Waals surface area contributed by atoms with E-state index in [2.05, 4.69) is 5.32 Å². The van der Waals surface area contributed by atoms with E-state index in [1.807, 2.05) is 0 Å². The molecule has 0 bridgehead atoms. The Labute approximate surface area is 121 Å². The van der Waals surface area contributed by atoms with Crippen LogP contribution in [0.3, 0.4) is 0 Å². The van der Waals surface area contributed by atoms with Crippen molar-refractivity contribution in [3.8, 4) is 0 Å². The fourth-order valence-corrected chi connectivity index (χ4v) is 2.61. The third kappa shape index (κ3) is 2.82. The Balaban J connectivity index is 2.23. The van der Waals surface area contributed by atoms with Gasteiger partial charge in [0.15, 0.2) is 5.78 Å². The minimum absolute atomic E-state index is 0.253. The Hall–Kier alpha value is -1.88. The molecule has 0 aliphatic carbocycles. The highest BCUT2D eigenvalue weighted by molar-refractivity contribution is 6.18. The molecule has 1 aromatic carbocycles. The van der Waals surface area contributed by atoms with E-state index in [-0.39, 0.29) is 24.0 Å². The van der Waals surface area contributed by atoms with Crippen molar-refractivity contribution in [2.24, 2.45) is 5.92 Å². The Kier molecular flexibility index (Phi) is 4.74. The Morgan fingerprint density at radius 3 is 2.65 bits per heavy atom. The Bertz CT molecular complexity index is 505. The van der Waals surface area contributed by atoms with E-state index in [1.165, 1.54) is 0 Å². The monoisotopic (exact) mass is 295 g/mol. The summed E-state index contributed by atoms with van der Waals surface area (Å²) in [6.07, 6.45) is -0.462. The molecule has 1 N–H and O–H groups in total. The standard InChI is InChI=1S/C14H14ClNO4/c15-7-6-10-13(20-8-17)11(16-14(10)19)12(18)9-4-2-1-3-5-9/h1-5,8,10-11,13H,6-7H2,(H,16,19)/t10-,11-,13+/m1/s1. The van der Waals surface area contributed by atoms with Crippen molar-refractivity contribution in [2.45, 2.75) is 18.6 Å². The van der Waals surface area contributed by atoms with Crippen LogP contribution in [0.25, 0.3) is 0 Å². The first-order valence-electron chi connectivity index (χ1n) is 6.23. The molecular weight excluding hydrogens is 282 g/mol. The van der Waals surface area contributed by atoms with Gasteiger partial charge >= 0.3 is 0 Å². The van der Waals surface area contributed by atoms with Gasteiger partial charge in [0.1, 0.15) is 12.1 Å². The van der Waals surface area contributed by atoms with Crippen LogP contribution in [0.1, 0.15) is 16.8 Å². The molecule has 1 aromatic rings. The van der Waals surface area contributed by atoms with Crippen molar-refractivity contribution in [2.75, 3.05) is 5.88 Å². The molecule has 1 aliphatic rings. The van der Waals surface area contributed by atoms with Gasteiger partial charge in [-0.3, -0.25) is 14.4 Å². The maximum Gasteiger partial charge on any atom is 0.293 e. The summed E-state index contributed by atoms with van der Waals surface area (Å²) in [4.78, 5) is 34.9. The topological polar surface area (TPSA) is 72.5 Å². The number of hydrogen-bond acceptors (Lipinski definition) is 4. The van der Waals surface area contributed by atoms with Gasteiger partial charge in [-0.2, -0.15) is 0 Å². The van der Waals surface area contributed by atoms with Crippen LogP contribution in [0, 0.1) is 5.92 Å². The molecular formula is C14H14ClNO4. The van der Waals surface area contributed by atoms with Crippen molar-refractivity contribution >= 4 is 29.8 Å². The second kappa shape index (κ2) is 6.52. The maximum absolute atomic E-state index is 12.4. The number of Topliss-reactive ketones (excluding diaryl/α,β-unsaturated/α-hetero) is 1. The van der Waals surface area contributed by atoms with Crippen molar-refractivity contribution in [3.63, 3.8) is 0 Å². The molecule has 20 heavy (non-hydrogen) atoms.